The van der Waals surface area contributed by atoms with Gasteiger partial charge in [0.25, 0.3) is 0 Å². The van der Waals surface area contributed by atoms with Crippen LogP contribution in [0.2, 0.25) is 0 Å². The summed E-state index contributed by atoms with van der Waals surface area (Å²) in [5, 5.41) is 0. The van der Waals surface area contributed by atoms with Crippen LogP contribution in [0.1, 0.15) is 22.3 Å². The second-order valence-corrected chi connectivity index (χ2v) is 5.37. The Labute approximate surface area is 116 Å². The zero-order valence-electron chi connectivity index (χ0n) is 11.9. The lowest BCUT2D eigenvalue weighted by molar-refractivity contribution is 0.531. The fourth-order valence-electron chi connectivity index (χ4n) is 2.65. The third-order valence-electron chi connectivity index (χ3n) is 3.84. The van der Waals surface area contributed by atoms with Crippen LogP contribution in [0.5, 0.6) is 0 Å². The van der Waals surface area contributed by atoms with Crippen molar-refractivity contribution in [3.05, 3.63) is 70.8 Å². The molecule has 2 rings (SSSR count). The van der Waals surface area contributed by atoms with Gasteiger partial charge in [-0.25, -0.2) is 0 Å². The molecule has 1 nitrogen and oxygen atoms in total. The Hall–Kier alpha value is -1.60. The first-order valence-electron chi connectivity index (χ1n) is 6.99. The van der Waals surface area contributed by atoms with E-state index >= 15 is 0 Å². The van der Waals surface area contributed by atoms with Gasteiger partial charge in [-0.3, -0.25) is 0 Å². The number of nitrogens with two attached hydrogens (primary N) is 1. The summed E-state index contributed by atoms with van der Waals surface area (Å²) in [5.74, 6) is 0.516. The summed E-state index contributed by atoms with van der Waals surface area (Å²) in [7, 11) is 0. The molecule has 0 aliphatic carbocycles. The van der Waals surface area contributed by atoms with Crippen molar-refractivity contribution in [2.24, 2.45) is 11.7 Å². The van der Waals surface area contributed by atoms with Gasteiger partial charge in [0.15, 0.2) is 0 Å². The second-order valence-electron chi connectivity index (χ2n) is 5.37. The third-order valence-corrected chi connectivity index (χ3v) is 3.84. The average molecular weight is 253 g/mol. The van der Waals surface area contributed by atoms with Crippen LogP contribution in [-0.4, -0.2) is 6.54 Å². The molecular weight excluding hydrogens is 230 g/mol. The van der Waals surface area contributed by atoms with Crippen molar-refractivity contribution < 1.29 is 0 Å². The van der Waals surface area contributed by atoms with Crippen LogP contribution >= 0.6 is 0 Å². The molecule has 0 saturated carbocycles. The van der Waals surface area contributed by atoms with Gasteiger partial charge in [0.1, 0.15) is 0 Å². The molecule has 100 valence electrons. The van der Waals surface area contributed by atoms with Gasteiger partial charge in [0.05, 0.1) is 0 Å². The van der Waals surface area contributed by atoms with E-state index in [1.54, 1.807) is 0 Å². The summed E-state index contributed by atoms with van der Waals surface area (Å²) in [6.07, 6.45) is 2.13. The normalized spacial score (nSPS) is 12.4. The highest BCUT2D eigenvalue weighted by atomic mass is 14.5. The average Bonchev–Trinajstić information content (AvgIpc) is 2.43. The van der Waals surface area contributed by atoms with Crippen LogP contribution in [0, 0.1) is 19.8 Å². The molecule has 0 aliphatic heterocycles. The zero-order valence-corrected chi connectivity index (χ0v) is 11.9. The van der Waals surface area contributed by atoms with Gasteiger partial charge in [-0.05, 0) is 61.4 Å². The third kappa shape index (κ3) is 3.68. The zero-order chi connectivity index (χ0) is 13.7. The molecule has 2 aromatic carbocycles. The Morgan fingerprint density at radius 1 is 0.842 bits per heavy atom. The van der Waals surface area contributed by atoms with E-state index in [1.807, 2.05) is 0 Å². The van der Waals surface area contributed by atoms with Crippen molar-refractivity contribution in [1.82, 2.24) is 0 Å². The van der Waals surface area contributed by atoms with Crippen molar-refractivity contribution in [3.63, 3.8) is 0 Å². The summed E-state index contributed by atoms with van der Waals surface area (Å²) in [4.78, 5) is 0. The molecule has 0 aliphatic rings. The van der Waals surface area contributed by atoms with Crippen LogP contribution in [0.4, 0.5) is 0 Å². The van der Waals surface area contributed by atoms with Gasteiger partial charge in [-0.1, -0.05) is 48.5 Å². The maximum Gasteiger partial charge on any atom is -0.00425 e. The Morgan fingerprint density at radius 3 is 2.05 bits per heavy atom. The fourth-order valence-corrected chi connectivity index (χ4v) is 2.65. The lowest BCUT2D eigenvalue weighted by Gasteiger charge is -2.18. The molecule has 2 N–H and O–H groups in total. The molecule has 0 saturated heterocycles. The van der Waals surface area contributed by atoms with E-state index in [2.05, 4.69) is 62.4 Å². The second kappa shape index (κ2) is 6.53. The summed E-state index contributed by atoms with van der Waals surface area (Å²) in [5.41, 5.74) is 11.6. The molecule has 0 fully saturated rings. The van der Waals surface area contributed by atoms with Gasteiger partial charge in [-0.15, -0.1) is 0 Å². The van der Waals surface area contributed by atoms with E-state index in [-0.39, 0.29) is 0 Å². The predicted molar refractivity (Wildman–Crippen MR) is 82.3 cm³/mol. The standard InChI is InChI=1S/C18H23N/c1-14-7-6-8-15(2)18(14)12-17(13-19)11-16-9-4-3-5-10-16/h3-10,17H,11-13,19H2,1-2H3. The number of rotatable bonds is 5. The van der Waals surface area contributed by atoms with Crippen molar-refractivity contribution in [2.45, 2.75) is 26.7 Å². The Bertz CT molecular complexity index is 496. The number of aryl methyl sites for hydroxylation is 2. The van der Waals surface area contributed by atoms with E-state index in [0.717, 1.165) is 19.4 Å². The maximum absolute atomic E-state index is 5.97. The first-order valence-corrected chi connectivity index (χ1v) is 6.99. The van der Waals surface area contributed by atoms with Crippen LogP contribution in [0.25, 0.3) is 0 Å². The van der Waals surface area contributed by atoms with Crippen molar-refractivity contribution in [2.75, 3.05) is 6.54 Å². The molecule has 0 radical (unpaired) electrons. The first kappa shape index (κ1) is 13.8. The smallest absolute Gasteiger partial charge is 0.00425 e. The van der Waals surface area contributed by atoms with Crippen LogP contribution in [0.15, 0.2) is 48.5 Å². The summed E-state index contributed by atoms with van der Waals surface area (Å²) in [6.45, 7) is 5.12. The van der Waals surface area contributed by atoms with E-state index < -0.39 is 0 Å². The predicted octanol–water partition coefficient (Wildman–Crippen LogP) is 3.66. The van der Waals surface area contributed by atoms with Gasteiger partial charge in [-0.2, -0.15) is 0 Å². The number of hydrogen-bond acceptors (Lipinski definition) is 1. The highest BCUT2D eigenvalue weighted by Crippen LogP contribution is 2.20. The Morgan fingerprint density at radius 2 is 1.47 bits per heavy atom. The van der Waals surface area contributed by atoms with Crippen LogP contribution in [0.3, 0.4) is 0 Å². The largest absolute Gasteiger partial charge is 0.330 e. The van der Waals surface area contributed by atoms with Gasteiger partial charge >= 0.3 is 0 Å². The Kier molecular flexibility index (Phi) is 4.75. The molecule has 1 unspecified atom stereocenters. The van der Waals surface area contributed by atoms with Crippen molar-refractivity contribution >= 4 is 0 Å². The summed E-state index contributed by atoms with van der Waals surface area (Å²) in [6, 6.07) is 17.1. The lowest BCUT2D eigenvalue weighted by Crippen LogP contribution is -2.20. The highest BCUT2D eigenvalue weighted by Gasteiger charge is 2.12. The SMILES string of the molecule is Cc1cccc(C)c1CC(CN)Cc1ccccc1. The molecule has 0 bridgehead atoms. The molecule has 19 heavy (non-hydrogen) atoms. The number of benzene rings is 2. The summed E-state index contributed by atoms with van der Waals surface area (Å²) >= 11 is 0. The van der Waals surface area contributed by atoms with E-state index in [1.165, 1.54) is 22.3 Å². The molecule has 2 aromatic rings. The maximum atomic E-state index is 5.97. The van der Waals surface area contributed by atoms with E-state index in [9.17, 15) is 0 Å². The molecule has 0 heterocycles. The lowest BCUT2D eigenvalue weighted by atomic mass is 9.89. The molecule has 1 heteroatoms. The fraction of sp³-hybridized carbons (Fsp3) is 0.333. The first-order chi connectivity index (χ1) is 9.20. The summed E-state index contributed by atoms with van der Waals surface area (Å²) < 4.78 is 0. The quantitative estimate of drug-likeness (QED) is 0.864. The monoisotopic (exact) mass is 253 g/mol. The minimum Gasteiger partial charge on any atom is -0.330 e. The van der Waals surface area contributed by atoms with Crippen LogP contribution in [-0.2, 0) is 12.8 Å². The minimum atomic E-state index is 0.516. The molecule has 0 aromatic heterocycles. The number of hydrogen-bond donors (Lipinski definition) is 1. The van der Waals surface area contributed by atoms with E-state index in [4.69, 9.17) is 5.73 Å². The molecule has 1 atom stereocenters. The molecule has 0 amide bonds. The minimum absolute atomic E-state index is 0.516. The van der Waals surface area contributed by atoms with Crippen LogP contribution < -0.4 is 5.73 Å². The van der Waals surface area contributed by atoms with E-state index in [0.29, 0.717) is 5.92 Å². The molecule has 0 spiro atoms. The Balaban J connectivity index is 2.11. The van der Waals surface area contributed by atoms with Gasteiger partial charge in [0.2, 0.25) is 0 Å². The highest BCUT2D eigenvalue weighted by molar-refractivity contribution is 5.34. The van der Waals surface area contributed by atoms with Crippen molar-refractivity contribution in [3.8, 4) is 0 Å². The van der Waals surface area contributed by atoms with Gasteiger partial charge < -0.3 is 5.73 Å². The van der Waals surface area contributed by atoms with Gasteiger partial charge in [0, 0.05) is 0 Å². The topological polar surface area (TPSA) is 26.0 Å². The van der Waals surface area contributed by atoms with Crippen molar-refractivity contribution in [1.29, 1.82) is 0 Å². The molecular formula is C18H23N.